The maximum atomic E-state index is 12.5. The number of nitrogens with zero attached hydrogens (tertiary/aromatic N) is 1. The molecule has 0 bridgehead atoms. The van der Waals surface area contributed by atoms with Crippen LogP contribution >= 0.6 is 0 Å². The summed E-state index contributed by atoms with van der Waals surface area (Å²) in [6, 6.07) is 11.6. The van der Waals surface area contributed by atoms with Crippen molar-refractivity contribution in [3.05, 3.63) is 79.4 Å². The minimum atomic E-state index is -1.10. The fourth-order valence-corrected chi connectivity index (χ4v) is 3.66. The minimum Gasteiger partial charge on any atom is -0.461 e. The fourth-order valence-electron chi connectivity index (χ4n) is 3.66. The predicted octanol–water partition coefficient (Wildman–Crippen LogP) is 2.96. The van der Waals surface area contributed by atoms with Crippen LogP contribution in [0, 0.1) is 0 Å². The largest absolute Gasteiger partial charge is 0.461 e. The third-order valence-corrected chi connectivity index (χ3v) is 5.73. The van der Waals surface area contributed by atoms with E-state index in [0.717, 1.165) is 5.69 Å². The lowest BCUT2D eigenvalue weighted by Crippen LogP contribution is -2.44. The lowest BCUT2D eigenvalue weighted by Gasteiger charge is -2.23. The molecule has 0 aliphatic heterocycles. The van der Waals surface area contributed by atoms with E-state index in [2.05, 4.69) is 29.1 Å². The van der Waals surface area contributed by atoms with Crippen molar-refractivity contribution in [3.8, 4) is 0 Å². The molecule has 0 heterocycles. The Morgan fingerprint density at radius 3 is 2.00 bits per heavy atom. The lowest BCUT2D eigenvalue weighted by molar-refractivity contribution is -0.146. The summed E-state index contributed by atoms with van der Waals surface area (Å²) in [6.07, 6.45) is 1.98. The first kappa shape index (κ1) is 34.3. The van der Waals surface area contributed by atoms with Crippen LogP contribution in [0.2, 0.25) is 0 Å². The van der Waals surface area contributed by atoms with Gasteiger partial charge in [-0.2, -0.15) is 0 Å². The van der Waals surface area contributed by atoms with Crippen LogP contribution in [0.3, 0.4) is 0 Å². The van der Waals surface area contributed by atoms with E-state index in [0.29, 0.717) is 30.0 Å². The lowest BCUT2D eigenvalue weighted by atomic mass is 10.1. The first-order chi connectivity index (χ1) is 20.8. The standard InChI is InChI=1S/C30H38N4O9/c1-3-19-41-27(37)14-13-26(28(38)42-20-4-2)33-29(39)31-23-7-5-22(6-8-23)21-43-30(40)32-24-9-11-25(12-10-24)34(15-17-35)16-18-36/h3-12,26,35-36H,1-2,13-21H2,(H,32,40)(H2,31,33,39)/t26-/m0/s1. The number of nitrogens with one attached hydrogen (secondary N) is 3. The average Bonchev–Trinajstić information content (AvgIpc) is 3.00. The number of carbonyl (C=O) groups excluding carboxylic acids is 4. The first-order valence-electron chi connectivity index (χ1n) is 13.5. The van der Waals surface area contributed by atoms with Crippen LogP contribution in [0.15, 0.2) is 73.8 Å². The smallest absolute Gasteiger partial charge is 0.411 e. The van der Waals surface area contributed by atoms with Gasteiger partial charge < -0.3 is 40.0 Å². The van der Waals surface area contributed by atoms with E-state index in [1.165, 1.54) is 12.2 Å². The topological polar surface area (TPSA) is 176 Å². The number of urea groups is 1. The van der Waals surface area contributed by atoms with E-state index in [4.69, 9.17) is 14.2 Å². The molecule has 5 N–H and O–H groups in total. The van der Waals surface area contributed by atoms with Crippen LogP contribution in [0.1, 0.15) is 18.4 Å². The second kappa shape index (κ2) is 19.3. The summed E-state index contributed by atoms with van der Waals surface area (Å²) in [4.78, 5) is 50.7. The molecule has 43 heavy (non-hydrogen) atoms. The van der Waals surface area contributed by atoms with Gasteiger partial charge in [0.25, 0.3) is 0 Å². The van der Waals surface area contributed by atoms with Gasteiger partial charge >= 0.3 is 24.1 Å². The van der Waals surface area contributed by atoms with Crippen molar-refractivity contribution in [2.75, 3.05) is 55.1 Å². The molecule has 3 amide bonds. The van der Waals surface area contributed by atoms with Gasteiger partial charge in [-0.3, -0.25) is 10.1 Å². The molecule has 0 aliphatic carbocycles. The summed E-state index contributed by atoms with van der Waals surface area (Å²) in [5, 5.41) is 26.1. The number of amides is 3. The van der Waals surface area contributed by atoms with Gasteiger partial charge in [0.1, 0.15) is 25.9 Å². The Kier molecular flexibility index (Phi) is 15.4. The van der Waals surface area contributed by atoms with Crippen LogP contribution in [-0.2, 0) is 30.4 Å². The molecule has 0 radical (unpaired) electrons. The SMILES string of the molecule is C=CCOC(=O)CC[C@H](NC(=O)Nc1ccc(COC(=O)Nc2ccc(N(CCO)CCO)cc2)cc1)C(=O)OCC=C. The third-order valence-electron chi connectivity index (χ3n) is 5.73. The van der Waals surface area contributed by atoms with E-state index in [-0.39, 0.29) is 45.9 Å². The maximum Gasteiger partial charge on any atom is 0.411 e. The number of aliphatic hydroxyl groups is 2. The average molecular weight is 599 g/mol. The molecular weight excluding hydrogens is 560 g/mol. The molecule has 0 aliphatic rings. The van der Waals surface area contributed by atoms with E-state index in [9.17, 15) is 29.4 Å². The van der Waals surface area contributed by atoms with Gasteiger partial charge in [0, 0.05) is 36.6 Å². The van der Waals surface area contributed by atoms with Crippen LogP contribution in [0.4, 0.5) is 26.7 Å². The van der Waals surface area contributed by atoms with Crippen molar-refractivity contribution >= 4 is 41.1 Å². The van der Waals surface area contributed by atoms with Gasteiger partial charge in [-0.1, -0.05) is 37.4 Å². The van der Waals surface area contributed by atoms with Gasteiger partial charge in [-0.15, -0.1) is 0 Å². The molecule has 2 rings (SSSR count). The molecule has 1 atom stereocenters. The number of carbonyl (C=O) groups is 4. The molecule has 0 spiro atoms. The number of esters is 2. The van der Waals surface area contributed by atoms with Gasteiger partial charge in [-0.05, 0) is 48.4 Å². The normalized spacial score (nSPS) is 10.9. The molecule has 0 aromatic heterocycles. The van der Waals surface area contributed by atoms with Gasteiger partial charge in [-0.25, -0.2) is 14.4 Å². The van der Waals surface area contributed by atoms with Crippen molar-refractivity contribution in [1.29, 1.82) is 0 Å². The van der Waals surface area contributed by atoms with Crippen molar-refractivity contribution in [2.24, 2.45) is 0 Å². The molecule has 2 aromatic rings. The van der Waals surface area contributed by atoms with Crippen LogP contribution in [-0.4, -0.2) is 79.8 Å². The quantitative estimate of drug-likeness (QED) is 0.0974. The molecule has 0 unspecified atom stereocenters. The number of rotatable bonds is 18. The third kappa shape index (κ3) is 13.1. The number of anilines is 3. The van der Waals surface area contributed by atoms with Crippen LogP contribution in [0.25, 0.3) is 0 Å². The Hall–Kier alpha value is -4.88. The summed E-state index contributed by atoms with van der Waals surface area (Å²) in [7, 11) is 0. The van der Waals surface area contributed by atoms with Crippen molar-refractivity contribution in [3.63, 3.8) is 0 Å². The summed E-state index contributed by atoms with van der Waals surface area (Å²) in [5.41, 5.74) is 2.36. The molecule has 0 saturated carbocycles. The van der Waals surface area contributed by atoms with Crippen molar-refractivity contribution < 1.29 is 43.6 Å². The number of ether oxygens (including phenoxy) is 3. The van der Waals surface area contributed by atoms with Crippen LogP contribution in [0.5, 0.6) is 0 Å². The van der Waals surface area contributed by atoms with Gasteiger partial charge in [0.15, 0.2) is 0 Å². The van der Waals surface area contributed by atoms with Crippen molar-refractivity contribution in [1.82, 2.24) is 5.32 Å². The summed E-state index contributed by atoms with van der Waals surface area (Å²) in [6.45, 7) is 7.52. The zero-order chi connectivity index (χ0) is 31.5. The van der Waals surface area contributed by atoms with Crippen LogP contribution < -0.4 is 20.9 Å². The highest BCUT2D eigenvalue weighted by atomic mass is 16.5. The number of hydrogen-bond acceptors (Lipinski definition) is 10. The van der Waals surface area contributed by atoms with E-state index >= 15 is 0 Å². The second-order valence-corrected chi connectivity index (χ2v) is 8.96. The Balaban J connectivity index is 1.85. The predicted molar refractivity (Wildman–Crippen MR) is 161 cm³/mol. The Morgan fingerprint density at radius 1 is 0.814 bits per heavy atom. The highest BCUT2D eigenvalue weighted by Gasteiger charge is 2.23. The maximum absolute atomic E-state index is 12.5. The van der Waals surface area contributed by atoms with Crippen molar-refractivity contribution in [2.45, 2.75) is 25.5 Å². The molecule has 0 saturated heterocycles. The molecule has 13 heteroatoms. The zero-order valence-electron chi connectivity index (χ0n) is 23.8. The summed E-state index contributed by atoms with van der Waals surface area (Å²) in [5.74, 6) is -1.27. The molecule has 13 nitrogen and oxygen atoms in total. The Morgan fingerprint density at radius 2 is 1.40 bits per heavy atom. The monoisotopic (exact) mass is 598 g/mol. The van der Waals surface area contributed by atoms with Gasteiger partial charge in [0.2, 0.25) is 0 Å². The number of aliphatic hydroxyl groups excluding tert-OH is 2. The Labute approximate surface area is 250 Å². The summed E-state index contributed by atoms with van der Waals surface area (Å²) < 4.78 is 15.2. The van der Waals surface area contributed by atoms with E-state index in [1.807, 2.05) is 4.90 Å². The Bertz CT molecular complexity index is 1200. The van der Waals surface area contributed by atoms with E-state index in [1.54, 1.807) is 48.5 Å². The fraction of sp³-hybridized carbons (Fsp3) is 0.333. The zero-order valence-corrected chi connectivity index (χ0v) is 23.8. The molecule has 232 valence electrons. The number of hydrogen-bond donors (Lipinski definition) is 5. The second-order valence-electron chi connectivity index (χ2n) is 8.96. The minimum absolute atomic E-state index is 0.0314. The van der Waals surface area contributed by atoms with E-state index < -0.39 is 30.1 Å². The summed E-state index contributed by atoms with van der Waals surface area (Å²) >= 11 is 0. The highest BCUT2D eigenvalue weighted by Crippen LogP contribution is 2.18. The first-order valence-corrected chi connectivity index (χ1v) is 13.5. The van der Waals surface area contributed by atoms with Gasteiger partial charge in [0.05, 0.1) is 13.2 Å². The number of benzene rings is 2. The molecule has 2 aromatic carbocycles. The highest BCUT2D eigenvalue weighted by molar-refractivity contribution is 5.92. The molecular formula is C30H38N4O9. The molecule has 0 fully saturated rings.